The van der Waals surface area contributed by atoms with E-state index in [-0.39, 0.29) is 0 Å². The Balaban J connectivity index is 2.74. The molecule has 0 atom stereocenters. The first-order valence-corrected chi connectivity index (χ1v) is 5.29. The Hall–Kier alpha value is -0.580. The molecule has 0 fully saturated rings. The molecule has 2 aromatic rings. The van der Waals surface area contributed by atoms with Gasteiger partial charge < -0.3 is 0 Å². The summed E-state index contributed by atoms with van der Waals surface area (Å²) in [5.74, 6) is 0.547. The zero-order valence-electron chi connectivity index (χ0n) is 7.66. The smallest absolute Gasteiger partial charge is 0.148 e. The number of pyridine rings is 1. The van der Waals surface area contributed by atoms with Crippen LogP contribution in [0.3, 0.4) is 0 Å². The van der Waals surface area contributed by atoms with Crippen molar-refractivity contribution in [2.75, 3.05) is 0 Å². The molecule has 3 heteroatoms. The Morgan fingerprint density at radius 3 is 2.85 bits per heavy atom. The highest BCUT2D eigenvalue weighted by molar-refractivity contribution is 14.1. The molecule has 0 saturated heterocycles. The zero-order chi connectivity index (χ0) is 9.42. The summed E-state index contributed by atoms with van der Waals surface area (Å²) >= 11 is 2.30. The van der Waals surface area contributed by atoms with Gasteiger partial charge in [-0.1, -0.05) is 13.8 Å². The normalized spacial score (nSPS) is 11.4. The lowest BCUT2D eigenvalue weighted by atomic mass is 10.1. The van der Waals surface area contributed by atoms with Gasteiger partial charge in [0, 0.05) is 17.3 Å². The number of fused-ring (bicyclic) bond motifs is 1. The van der Waals surface area contributed by atoms with E-state index in [2.05, 4.69) is 56.6 Å². The maximum atomic E-state index is 4.34. The van der Waals surface area contributed by atoms with Crippen LogP contribution in [0.15, 0.2) is 24.4 Å². The maximum absolute atomic E-state index is 4.34. The van der Waals surface area contributed by atoms with Gasteiger partial charge in [-0.15, -0.1) is 0 Å². The van der Waals surface area contributed by atoms with Gasteiger partial charge >= 0.3 is 0 Å². The van der Waals surface area contributed by atoms with Gasteiger partial charge in [0.1, 0.15) is 5.65 Å². The highest BCUT2D eigenvalue weighted by Crippen LogP contribution is 2.25. The Labute approximate surface area is 91.5 Å². The predicted octanol–water partition coefficient (Wildman–Crippen LogP) is 3.36. The van der Waals surface area contributed by atoms with Crippen LogP contribution in [0.4, 0.5) is 0 Å². The number of hydrogen-bond acceptors (Lipinski definition) is 1. The summed E-state index contributed by atoms with van der Waals surface area (Å²) in [4.78, 5) is 4.34. The summed E-state index contributed by atoms with van der Waals surface area (Å²) in [5.41, 5.74) is 2.39. The second-order valence-electron chi connectivity index (χ2n) is 3.42. The van der Waals surface area contributed by atoms with Gasteiger partial charge in [0.15, 0.2) is 0 Å². The Morgan fingerprint density at radius 1 is 1.46 bits per heavy atom. The van der Waals surface area contributed by atoms with Crippen molar-refractivity contribution in [2.24, 2.45) is 0 Å². The van der Waals surface area contributed by atoms with Crippen LogP contribution < -0.4 is 0 Å². The molecule has 2 aromatic heterocycles. The van der Waals surface area contributed by atoms with Gasteiger partial charge in [-0.2, -0.15) is 0 Å². The molecule has 2 nitrogen and oxygen atoms in total. The van der Waals surface area contributed by atoms with Crippen molar-refractivity contribution in [3.63, 3.8) is 0 Å². The Kier molecular flexibility index (Phi) is 2.27. The predicted molar refractivity (Wildman–Crippen MR) is 63.2 cm³/mol. The maximum Gasteiger partial charge on any atom is 0.148 e. The van der Waals surface area contributed by atoms with Gasteiger partial charge in [0.2, 0.25) is 0 Å². The number of nitrogens with zero attached hydrogens (tertiary/aromatic N) is 2. The summed E-state index contributed by atoms with van der Waals surface area (Å²) in [7, 11) is 0. The molecule has 0 aliphatic carbocycles. The second-order valence-corrected chi connectivity index (χ2v) is 4.39. The van der Waals surface area contributed by atoms with Crippen LogP contribution in [0.1, 0.15) is 25.5 Å². The van der Waals surface area contributed by atoms with E-state index in [4.69, 9.17) is 0 Å². The number of hydrogen-bond donors (Lipinski definition) is 0. The Bertz CT molecular complexity index is 431. The van der Waals surface area contributed by atoms with E-state index in [1.807, 2.05) is 12.3 Å². The second kappa shape index (κ2) is 3.29. The summed E-state index contributed by atoms with van der Waals surface area (Å²) in [6.07, 6.45) is 1.83. The third kappa shape index (κ3) is 1.45. The van der Waals surface area contributed by atoms with Crippen LogP contribution >= 0.6 is 22.9 Å². The first-order valence-electron chi connectivity index (χ1n) is 4.32. The molecule has 0 radical (unpaired) electrons. The van der Waals surface area contributed by atoms with Gasteiger partial charge in [0.05, 0.1) is 22.9 Å². The van der Waals surface area contributed by atoms with Crippen LogP contribution in [-0.2, 0) is 0 Å². The molecule has 0 amide bonds. The van der Waals surface area contributed by atoms with E-state index in [0.717, 1.165) is 5.65 Å². The van der Waals surface area contributed by atoms with Crippen molar-refractivity contribution in [1.29, 1.82) is 0 Å². The third-order valence-electron chi connectivity index (χ3n) is 2.12. The van der Waals surface area contributed by atoms with Gasteiger partial charge in [-0.3, -0.25) is 2.78 Å². The van der Waals surface area contributed by atoms with E-state index in [9.17, 15) is 0 Å². The minimum absolute atomic E-state index is 0.547. The first kappa shape index (κ1) is 8.99. The highest BCUT2D eigenvalue weighted by atomic mass is 127. The molecule has 2 rings (SSSR count). The Morgan fingerprint density at radius 2 is 2.23 bits per heavy atom. The van der Waals surface area contributed by atoms with Crippen LogP contribution in [0.25, 0.3) is 11.0 Å². The molecule has 68 valence electrons. The molecule has 0 N–H and O–H groups in total. The van der Waals surface area contributed by atoms with Crippen molar-refractivity contribution in [3.05, 3.63) is 30.1 Å². The highest BCUT2D eigenvalue weighted by Gasteiger charge is 2.09. The van der Waals surface area contributed by atoms with Gasteiger partial charge in [0.25, 0.3) is 0 Å². The van der Waals surface area contributed by atoms with E-state index < -0.39 is 0 Å². The molecular formula is C10H11IN2. The van der Waals surface area contributed by atoms with E-state index in [0.29, 0.717) is 5.92 Å². The summed E-state index contributed by atoms with van der Waals surface area (Å²) in [5, 5.41) is 1.22. The van der Waals surface area contributed by atoms with E-state index in [1.165, 1.54) is 11.1 Å². The lowest BCUT2D eigenvalue weighted by molar-refractivity contribution is 0.830. The molecule has 13 heavy (non-hydrogen) atoms. The molecule has 0 aliphatic rings. The zero-order valence-corrected chi connectivity index (χ0v) is 9.82. The quantitative estimate of drug-likeness (QED) is 0.735. The third-order valence-corrected chi connectivity index (χ3v) is 3.14. The molecule has 0 saturated carbocycles. The van der Waals surface area contributed by atoms with Crippen LogP contribution in [-0.4, -0.2) is 7.76 Å². The van der Waals surface area contributed by atoms with Crippen molar-refractivity contribution in [3.8, 4) is 0 Å². The molecular weight excluding hydrogens is 275 g/mol. The number of aromatic nitrogens is 2. The SMILES string of the molecule is CC(C)c1cc2cccnc2n1I. The summed E-state index contributed by atoms with van der Waals surface area (Å²) in [6, 6.07) is 6.28. The molecule has 0 bridgehead atoms. The van der Waals surface area contributed by atoms with E-state index >= 15 is 0 Å². The largest absolute Gasteiger partial charge is 0.270 e. The minimum Gasteiger partial charge on any atom is -0.270 e. The fourth-order valence-corrected chi connectivity index (χ4v) is 2.52. The minimum atomic E-state index is 0.547. The lowest BCUT2D eigenvalue weighted by Gasteiger charge is -2.03. The topological polar surface area (TPSA) is 17.8 Å². The van der Waals surface area contributed by atoms with Crippen LogP contribution in [0.5, 0.6) is 0 Å². The standard InChI is InChI=1S/C10H11IN2/c1-7(2)9-6-8-4-3-5-12-10(8)13(9)11/h3-7H,1-2H3. The van der Waals surface area contributed by atoms with E-state index in [1.54, 1.807) is 0 Å². The van der Waals surface area contributed by atoms with Crippen molar-refractivity contribution in [1.82, 2.24) is 7.76 Å². The monoisotopic (exact) mass is 286 g/mol. The van der Waals surface area contributed by atoms with Gasteiger partial charge in [-0.25, -0.2) is 4.98 Å². The van der Waals surface area contributed by atoms with Crippen molar-refractivity contribution < 1.29 is 0 Å². The lowest BCUT2D eigenvalue weighted by Crippen LogP contribution is -1.92. The molecule has 0 spiro atoms. The number of rotatable bonds is 1. The van der Waals surface area contributed by atoms with Crippen molar-refractivity contribution in [2.45, 2.75) is 19.8 Å². The van der Waals surface area contributed by atoms with Gasteiger partial charge in [-0.05, 0) is 24.1 Å². The first-order chi connectivity index (χ1) is 6.20. The van der Waals surface area contributed by atoms with Crippen LogP contribution in [0.2, 0.25) is 0 Å². The molecule has 0 aliphatic heterocycles. The van der Waals surface area contributed by atoms with Crippen LogP contribution in [0, 0.1) is 0 Å². The summed E-state index contributed by atoms with van der Waals surface area (Å²) in [6.45, 7) is 4.40. The fourth-order valence-electron chi connectivity index (χ4n) is 1.42. The van der Waals surface area contributed by atoms with Crippen molar-refractivity contribution >= 4 is 33.9 Å². The molecule has 0 aromatic carbocycles. The number of halogens is 1. The average molecular weight is 286 g/mol. The fraction of sp³-hybridized carbons (Fsp3) is 0.300. The molecule has 2 heterocycles. The summed E-state index contributed by atoms with van der Waals surface area (Å²) < 4.78 is 2.14. The average Bonchev–Trinajstić information content (AvgIpc) is 2.45. The molecule has 0 unspecified atom stereocenters.